The second-order valence-corrected chi connectivity index (χ2v) is 12.9. The fraction of sp³-hybridized carbons (Fsp3) is 0. The summed E-state index contributed by atoms with van der Waals surface area (Å²) in [5.41, 5.74) is 10.9. The minimum Gasteiger partial charge on any atom is -0.316 e. The zero-order valence-corrected chi connectivity index (χ0v) is 28.1. The summed E-state index contributed by atoms with van der Waals surface area (Å²) in [6.45, 7) is 0. The maximum absolute atomic E-state index is 5.01. The van der Waals surface area contributed by atoms with Crippen molar-refractivity contribution in [1.82, 2.24) is 24.1 Å². The zero-order valence-electron chi connectivity index (χ0n) is 28.1. The number of hydrogen-bond donors (Lipinski definition) is 0. The van der Waals surface area contributed by atoms with E-state index < -0.39 is 0 Å². The number of rotatable bonds is 6. The van der Waals surface area contributed by atoms with Crippen molar-refractivity contribution in [2.75, 3.05) is 0 Å². The van der Waals surface area contributed by atoms with Crippen LogP contribution in [0.5, 0.6) is 0 Å². The second kappa shape index (κ2) is 12.3. The Kier molecular flexibility index (Phi) is 7.07. The van der Waals surface area contributed by atoms with E-state index >= 15 is 0 Å². The van der Waals surface area contributed by atoms with Gasteiger partial charge in [-0.2, -0.15) is 0 Å². The van der Waals surface area contributed by atoms with E-state index in [0.717, 1.165) is 33.6 Å². The van der Waals surface area contributed by atoms with Crippen LogP contribution in [0, 0.1) is 0 Å². The lowest BCUT2D eigenvalue weighted by molar-refractivity contribution is 1.07. The van der Waals surface area contributed by atoms with Crippen LogP contribution < -0.4 is 0 Å². The molecule has 0 saturated carbocycles. The smallest absolute Gasteiger partial charge is 0.164 e. The van der Waals surface area contributed by atoms with Crippen LogP contribution in [0.3, 0.4) is 0 Å². The Labute approximate surface area is 300 Å². The van der Waals surface area contributed by atoms with Crippen LogP contribution in [0.2, 0.25) is 0 Å². The molecule has 7 aromatic carbocycles. The Bertz CT molecular complexity index is 2820. The molecule has 5 heteroatoms. The Morgan fingerprint density at radius 3 is 1.52 bits per heavy atom. The van der Waals surface area contributed by atoms with E-state index in [9.17, 15) is 0 Å². The summed E-state index contributed by atoms with van der Waals surface area (Å²) in [7, 11) is 0. The Morgan fingerprint density at radius 1 is 0.346 bits per heavy atom. The summed E-state index contributed by atoms with van der Waals surface area (Å²) in [6, 6.07) is 63.5. The van der Waals surface area contributed by atoms with Crippen LogP contribution in [-0.2, 0) is 0 Å². The van der Waals surface area contributed by atoms with E-state index in [4.69, 9.17) is 15.0 Å². The number of para-hydroxylation sites is 2. The van der Waals surface area contributed by atoms with E-state index in [1.807, 2.05) is 60.7 Å². The molecule has 0 bridgehead atoms. The number of nitrogens with zero attached hydrogens (tertiary/aromatic N) is 5. The normalized spacial score (nSPS) is 11.5. The molecule has 0 saturated heterocycles. The zero-order chi connectivity index (χ0) is 34.4. The summed E-state index contributed by atoms with van der Waals surface area (Å²) in [5, 5.41) is 3.61. The van der Waals surface area contributed by atoms with Gasteiger partial charge in [0, 0.05) is 56.0 Å². The Hall–Kier alpha value is -7.11. The van der Waals surface area contributed by atoms with Crippen molar-refractivity contribution >= 4 is 32.7 Å². The number of hydrogen-bond acceptors (Lipinski definition) is 3. The molecule has 0 spiro atoms. The molecule has 3 heterocycles. The quantitative estimate of drug-likeness (QED) is 0.178. The fourth-order valence-electron chi connectivity index (χ4n) is 7.42. The average Bonchev–Trinajstić information content (AvgIpc) is 3.80. The minimum absolute atomic E-state index is 0.629. The summed E-state index contributed by atoms with van der Waals surface area (Å²) in [5.74, 6) is 1.92. The number of fused-ring (bicyclic) bond motifs is 4. The van der Waals surface area contributed by atoms with E-state index in [0.29, 0.717) is 17.5 Å². The lowest BCUT2D eigenvalue weighted by Gasteiger charge is -2.14. The molecule has 0 atom stereocenters. The van der Waals surface area contributed by atoms with Crippen molar-refractivity contribution in [2.45, 2.75) is 0 Å². The monoisotopic (exact) mass is 665 g/mol. The highest BCUT2D eigenvalue weighted by molar-refractivity contribution is 6.21. The summed E-state index contributed by atoms with van der Waals surface area (Å²) in [4.78, 5) is 14.9. The third-order valence-electron chi connectivity index (χ3n) is 9.79. The molecule has 5 nitrogen and oxygen atoms in total. The van der Waals surface area contributed by atoms with Gasteiger partial charge in [0.05, 0.1) is 16.6 Å². The first-order valence-electron chi connectivity index (χ1n) is 17.5. The molecular formula is C47H31N5. The SMILES string of the molecule is c1ccc(-c2nc(-c3ccccc3)nc(-c3cccc(-n4ccc5c(-c6ccccc6)c6c(cc54)c4ccccc4n6-c4ccccc4)c3)n2)cc1. The molecule has 0 radical (unpaired) electrons. The highest BCUT2D eigenvalue weighted by Crippen LogP contribution is 2.43. The Morgan fingerprint density at radius 2 is 0.865 bits per heavy atom. The van der Waals surface area contributed by atoms with Crippen LogP contribution >= 0.6 is 0 Å². The van der Waals surface area contributed by atoms with Crippen LogP contribution in [-0.4, -0.2) is 24.1 Å². The lowest BCUT2D eigenvalue weighted by atomic mass is 9.98. The third kappa shape index (κ3) is 4.98. The standard InChI is InChI=1S/C47H31N5/c1-5-16-32(17-6-1)43-39-28-29-51(42(39)31-40-38-26-13-14-27-41(38)52(44(40)43)36-23-11-4-12-24-36)37-25-15-22-35(30-37)47-49-45(33-18-7-2-8-19-33)48-46(50-47)34-20-9-3-10-21-34/h1-31H. The van der Waals surface area contributed by atoms with Gasteiger partial charge < -0.3 is 9.13 Å². The van der Waals surface area contributed by atoms with Crippen LogP contribution in [0.1, 0.15) is 0 Å². The molecule has 0 fully saturated rings. The first kappa shape index (κ1) is 29.8. The highest BCUT2D eigenvalue weighted by atomic mass is 15.0. The van der Waals surface area contributed by atoms with E-state index in [-0.39, 0.29) is 0 Å². The average molecular weight is 666 g/mol. The number of aromatic nitrogens is 5. The van der Waals surface area contributed by atoms with Gasteiger partial charge in [-0.1, -0.05) is 140 Å². The van der Waals surface area contributed by atoms with E-state index in [1.165, 1.54) is 38.3 Å². The van der Waals surface area contributed by atoms with Gasteiger partial charge in [0.1, 0.15) is 0 Å². The predicted octanol–water partition coefficient (Wildman–Crippen LogP) is 11.6. The number of benzene rings is 7. The molecule has 3 aromatic heterocycles. The molecule has 0 aliphatic carbocycles. The van der Waals surface area contributed by atoms with Gasteiger partial charge in [0.15, 0.2) is 17.5 Å². The van der Waals surface area contributed by atoms with Gasteiger partial charge in [-0.25, -0.2) is 15.0 Å². The van der Waals surface area contributed by atoms with Gasteiger partial charge in [0.25, 0.3) is 0 Å². The molecule has 244 valence electrons. The molecule has 0 unspecified atom stereocenters. The van der Waals surface area contributed by atoms with E-state index in [2.05, 4.69) is 137 Å². The molecule has 10 aromatic rings. The molecule has 0 aliphatic rings. The van der Waals surface area contributed by atoms with Gasteiger partial charge in [-0.3, -0.25) is 0 Å². The van der Waals surface area contributed by atoms with Crippen molar-refractivity contribution in [2.24, 2.45) is 0 Å². The predicted molar refractivity (Wildman–Crippen MR) is 213 cm³/mol. The maximum Gasteiger partial charge on any atom is 0.164 e. The molecular weight excluding hydrogens is 635 g/mol. The molecule has 52 heavy (non-hydrogen) atoms. The van der Waals surface area contributed by atoms with Crippen LogP contribution in [0.4, 0.5) is 0 Å². The van der Waals surface area contributed by atoms with Crippen molar-refractivity contribution in [3.05, 3.63) is 188 Å². The molecule has 0 amide bonds. The van der Waals surface area contributed by atoms with Crippen LogP contribution in [0.25, 0.3) is 89.4 Å². The van der Waals surface area contributed by atoms with Gasteiger partial charge in [-0.05, 0) is 48.0 Å². The first-order chi connectivity index (χ1) is 25.8. The summed E-state index contributed by atoms with van der Waals surface area (Å²) in [6.07, 6.45) is 2.18. The minimum atomic E-state index is 0.629. The van der Waals surface area contributed by atoms with Crippen molar-refractivity contribution in [3.63, 3.8) is 0 Å². The molecule has 10 rings (SSSR count). The molecule has 0 N–H and O–H groups in total. The molecule has 0 aliphatic heterocycles. The highest BCUT2D eigenvalue weighted by Gasteiger charge is 2.21. The third-order valence-corrected chi connectivity index (χ3v) is 9.79. The summed E-state index contributed by atoms with van der Waals surface area (Å²) < 4.78 is 4.70. The van der Waals surface area contributed by atoms with Crippen LogP contribution in [0.15, 0.2) is 188 Å². The van der Waals surface area contributed by atoms with Crippen molar-refractivity contribution < 1.29 is 0 Å². The van der Waals surface area contributed by atoms with Crippen molar-refractivity contribution in [1.29, 1.82) is 0 Å². The topological polar surface area (TPSA) is 48.5 Å². The van der Waals surface area contributed by atoms with Gasteiger partial charge in [-0.15, -0.1) is 0 Å². The van der Waals surface area contributed by atoms with E-state index in [1.54, 1.807) is 0 Å². The maximum atomic E-state index is 5.01. The second-order valence-electron chi connectivity index (χ2n) is 12.9. The summed E-state index contributed by atoms with van der Waals surface area (Å²) >= 11 is 0. The lowest BCUT2D eigenvalue weighted by Crippen LogP contribution is -2.01. The largest absolute Gasteiger partial charge is 0.316 e. The van der Waals surface area contributed by atoms with Gasteiger partial charge >= 0.3 is 0 Å². The Balaban J connectivity index is 1.21. The van der Waals surface area contributed by atoms with Gasteiger partial charge in [0.2, 0.25) is 0 Å². The first-order valence-corrected chi connectivity index (χ1v) is 17.5. The fourth-order valence-corrected chi connectivity index (χ4v) is 7.42. The van der Waals surface area contributed by atoms with Crippen molar-refractivity contribution in [3.8, 4) is 56.7 Å².